The van der Waals surface area contributed by atoms with Gasteiger partial charge < -0.3 is 10.1 Å². The molecule has 2 aromatic carbocycles. The van der Waals surface area contributed by atoms with Gasteiger partial charge in [0.05, 0.1) is 12.2 Å². The Balaban J connectivity index is 1.63. The van der Waals surface area contributed by atoms with Crippen LogP contribution < -0.4 is 10.1 Å². The SMILES string of the molecule is C[C@H](NC(=O)C=Cc1ccccc1Cl)c1cccc(Oc2cnccn2)c1. The van der Waals surface area contributed by atoms with Gasteiger partial charge >= 0.3 is 0 Å². The van der Waals surface area contributed by atoms with E-state index in [1.54, 1.807) is 24.5 Å². The molecule has 0 spiro atoms. The van der Waals surface area contributed by atoms with Gasteiger partial charge in [-0.15, -0.1) is 0 Å². The first-order valence-electron chi connectivity index (χ1n) is 8.39. The Morgan fingerprint density at radius 2 is 2.04 bits per heavy atom. The molecule has 136 valence electrons. The van der Waals surface area contributed by atoms with Crippen LogP contribution in [0, 0.1) is 0 Å². The Labute approximate surface area is 162 Å². The van der Waals surface area contributed by atoms with Gasteiger partial charge in [0.2, 0.25) is 11.8 Å². The number of benzene rings is 2. The van der Waals surface area contributed by atoms with Crippen molar-refractivity contribution in [1.82, 2.24) is 15.3 Å². The van der Waals surface area contributed by atoms with E-state index in [4.69, 9.17) is 16.3 Å². The van der Waals surface area contributed by atoms with Crippen LogP contribution in [0.5, 0.6) is 11.6 Å². The number of hydrogen-bond donors (Lipinski definition) is 1. The Hall–Kier alpha value is -3.18. The third kappa shape index (κ3) is 5.39. The van der Waals surface area contributed by atoms with E-state index in [-0.39, 0.29) is 11.9 Å². The minimum absolute atomic E-state index is 0.196. The number of carbonyl (C=O) groups excluding carboxylic acids is 1. The van der Waals surface area contributed by atoms with Crippen molar-refractivity contribution in [3.05, 3.63) is 89.3 Å². The molecule has 3 rings (SSSR count). The fraction of sp³-hybridized carbons (Fsp3) is 0.0952. The van der Waals surface area contributed by atoms with Gasteiger partial charge in [0, 0.05) is 23.5 Å². The molecule has 5 nitrogen and oxygen atoms in total. The number of ether oxygens (including phenoxy) is 1. The Bertz CT molecular complexity index is 945. The maximum atomic E-state index is 12.2. The molecule has 1 amide bonds. The van der Waals surface area contributed by atoms with Crippen molar-refractivity contribution in [2.24, 2.45) is 0 Å². The number of hydrogen-bond acceptors (Lipinski definition) is 4. The zero-order valence-corrected chi connectivity index (χ0v) is 15.4. The minimum atomic E-state index is -0.206. The summed E-state index contributed by atoms with van der Waals surface area (Å²) in [6.45, 7) is 1.91. The number of amides is 1. The minimum Gasteiger partial charge on any atom is -0.437 e. The van der Waals surface area contributed by atoms with Gasteiger partial charge in [0.15, 0.2) is 0 Å². The largest absolute Gasteiger partial charge is 0.437 e. The molecular formula is C21H18ClN3O2. The van der Waals surface area contributed by atoms with E-state index in [2.05, 4.69) is 15.3 Å². The maximum absolute atomic E-state index is 12.2. The standard InChI is InChI=1S/C21H18ClN3O2/c1-15(25-20(26)10-9-16-5-2-3-8-19(16)22)17-6-4-7-18(13-17)27-21-14-23-11-12-24-21/h2-15H,1H3,(H,25,26)/t15-/m0/s1. The predicted octanol–water partition coefficient (Wildman–Crippen LogP) is 4.81. The van der Waals surface area contributed by atoms with Crippen LogP contribution in [0.25, 0.3) is 6.08 Å². The van der Waals surface area contributed by atoms with Crippen LogP contribution in [0.4, 0.5) is 0 Å². The second-order valence-electron chi connectivity index (χ2n) is 5.80. The van der Waals surface area contributed by atoms with Crippen LogP contribution in [-0.4, -0.2) is 15.9 Å². The lowest BCUT2D eigenvalue weighted by Gasteiger charge is -2.14. The summed E-state index contributed by atoms with van der Waals surface area (Å²) in [7, 11) is 0. The molecule has 0 bridgehead atoms. The Morgan fingerprint density at radius 1 is 1.19 bits per heavy atom. The third-order valence-corrected chi connectivity index (χ3v) is 4.14. The lowest BCUT2D eigenvalue weighted by Crippen LogP contribution is -2.24. The summed E-state index contributed by atoms with van der Waals surface area (Å²) in [4.78, 5) is 20.2. The molecule has 0 aliphatic heterocycles. The number of nitrogens with one attached hydrogen (secondary N) is 1. The van der Waals surface area contributed by atoms with E-state index in [0.29, 0.717) is 16.7 Å². The number of aromatic nitrogens is 2. The predicted molar refractivity (Wildman–Crippen MR) is 106 cm³/mol. The van der Waals surface area contributed by atoms with Crippen molar-refractivity contribution in [1.29, 1.82) is 0 Å². The highest BCUT2D eigenvalue weighted by molar-refractivity contribution is 6.32. The van der Waals surface area contributed by atoms with Gasteiger partial charge in [-0.3, -0.25) is 9.78 Å². The fourth-order valence-corrected chi connectivity index (χ4v) is 2.63. The van der Waals surface area contributed by atoms with Gasteiger partial charge in [-0.2, -0.15) is 0 Å². The molecule has 0 saturated heterocycles. The number of carbonyl (C=O) groups is 1. The first kappa shape index (κ1) is 18.6. The van der Waals surface area contributed by atoms with Crippen LogP contribution in [0.2, 0.25) is 5.02 Å². The summed E-state index contributed by atoms with van der Waals surface area (Å²) in [5.41, 5.74) is 1.71. The highest BCUT2D eigenvalue weighted by Crippen LogP contribution is 2.23. The van der Waals surface area contributed by atoms with Gasteiger partial charge in [0.1, 0.15) is 5.75 Å². The van der Waals surface area contributed by atoms with Gasteiger partial charge in [-0.1, -0.05) is 41.9 Å². The average molecular weight is 380 g/mol. The molecule has 27 heavy (non-hydrogen) atoms. The Morgan fingerprint density at radius 3 is 2.81 bits per heavy atom. The first-order valence-corrected chi connectivity index (χ1v) is 8.76. The molecule has 0 saturated carbocycles. The summed E-state index contributed by atoms with van der Waals surface area (Å²) in [5.74, 6) is 0.831. The third-order valence-electron chi connectivity index (χ3n) is 3.80. The molecule has 0 fully saturated rings. The summed E-state index contributed by atoms with van der Waals surface area (Å²) in [6.07, 6.45) is 7.84. The van der Waals surface area contributed by atoms with Crippen molar-refractivity contribution in [2.75, 3.05) is 0 Å². The molecule has 1 aromatic heterocycles. The first-order chi connectivity index (χ1) is 13.1. The summed E-state index contributed by atoms with van der Waals surface area (Å²) in [5, 5.41) is 3.53. The topological polar surface area (TPSA) is 64.1 Å². The van der Waals surface area contributed by atoms with Crippen molar-refractivity contribution < 1.29 is 9.53 Å². The van der Waals surface area contributed by atoms with E-state index >= 15 is 0 Å². The summed E-state index contributed by atoms with van der Waals surface area (Å²) >= 11 is 6.09. The van der Waals surface area contributed by atoms with E-state index < -0.39 is 0 Å². The zero-order chi connectivity index (χ0) is 19.1. The monoisotopic (exact) mass is 379 g/mol. The van der Waals surface area contributed by atoms with Crippen molar-refractivity contribution >= 4 is 23.6 Å². The van der Waals surface area contributed by atoms with Crippen molar-refractivity contribution in [3.63, 3.8) is 0 Å². The van der Waals surface area contributed by atoms with Crippen LogP contribution in [0.1, 0.15) is 24.1 Å². The molecule has 1 atom stereocenters. The molecule has 0 unspecified atom stereocenters. The summed E-state index contributed by atoms with van der Waals surface area (Å²) < 4.78 is 5.68. The quantitative estimate of drug-likeness (QED) is 0.624. The lowest BCUT2D eigenvalue weighted by atomic mass is 10.1. The van der Waals surface area contributed by atoms with Crippen LogP contribution >= 0.6 is 11.6 Å². The lowest BCUT2D eigenvalue weighted by molar-refractivity contribution is -0.117. The average Bonchev–Trinajstić information content (AvgIpc) is 2.68. The molecule has 0 aliphatic carbocycles. The highest BCUT2D eigenvalue weighted by Gasteiger charge is 2.09. The second kappa shape index (κ2) is 8.96. The smallest absolute Gasteiger partial charge is 0.244 e. The number of rotatable bonds is 6. The molecule has 1 heterocycles. The van der Waals surface area contributed by atoms with E-state index in [0.717, 1.165) is 11.1 Å². The van der Waals surface area contributed by atoms with Crippen LogP contribution in [0.3, 0.4) is 0 Å². The highest BCUT2D eigenvalue weighted by atomic mass is 35.5. The van der Waals surface area contributed by atoms with Crippen molar-refractivity contribution in [2.45, 2.75) is 13.0 Å². The number of nitrogens with zero attached hydrogens (tertiary/aromatic N) is 2. The van der Waals surface area contributed by atoms with E-state index in [9.17, 15) is 4.79 Å². The zero-order valence-electron chi connectivity index (χ0n) is 14.7. The Kier molecular flexibility index (Phi) is 6.18. The van der Waals surface area contributed by atoms with Gasteiger partial charge in [-0.05, 0) is 42.3 Å². The molecule has 3 aromatic rings. The normalized spacial score (nSPS) is 11.9. The van der Waals surface area contributed by atoms with Crippen LogP contribution in [0.15, 0.2) is 73.2 Å². The van der Waals surface area contributed by atoms with E-state index in [1.165, 1.54) is 12.3 Å². The number of halogens is 1. The van der Waals surface area contributed by atoms with Gasteiger partial charge in [-0.25, -0.2) is 4.98 Å². The summed E-state index contributed by atoms with van der Waals surface area (Å²) in [6, 6.07) is 14.6. The molecule has 0 aliphatic rings. The molecule has 0 radical (unpaired) electrons. The van der Waals surface area contributed by atoms with E-state index in [1.807, 2.05) is 49.4 Å². The van der Waals surface area contributed by atoms with Gasteiger partial charge in [0.25, 0.3) is 0 Å². The van der Waals surface area contributed by atoms with Crippen LogP contribution in [-0.2, 0) is 4.79 Å². The second-order valence-corrected chi connectivity index (χ2v) is 6.21. The fourth-order valence-electron chi connectivity index (χ4n) is 2.43. The van der Waals surface area contributed by atoms with Crippen molar-refractivity contribution in [3.8, 4) is 11.6 Å². The molecular weight excluding hydrogens is 362 g/mol. The maximum Gasteiger partial charge on any atom is 0.244 e. The molecule has 1 N–H and O–H groups in total. The molecule has 6 heteroatoms.